The van der Waals surface area contributed by atoms with Crippen molar-refractivity contribution in [3.05, 3.63) is 35.7 Å². The summed E-state index contributed by atoms with van der Waals surface area (Å²) in [6, 6.07) is 6.41. The quantitative estimate of drug-likeness (QED) is 0.868. The largest absolute Gasteiger partial charge is 0.356 e. The van der Waals surface area contributed by atoms with Crippen LogP contribution in [-0.2, 0) is 23.0 Å². The van der Waals surface area contributed by atoms with E-state index in [1.807, 2.05) is 6.92 Å². The van der Waals surface area contributed by atoms with Gasteiger partial charge in [0, 0.05) is 24.5 Å². The standard InChI is InChI=1S/C11H14N4O2S2/c1-2-10-14-11(18-15-10)13-7-8-3-5-9(6-4-8)19(12,16)17/h3-6H,2,7H2,1H3,(H2,12,16,17)(H,13,14,15). The number of rotatable bonds is 5. The zero-order valence-corrected chi connectivity index (χ0v) is 12.0. The molecular formula is C11H14N4O2S2. The van der Waals surface area contributed by atoms with E-state index in [9.17, 15) is 8.42 Å². The van der Waals surface area contributed by atoms with E-state index < -0.39 is 10.0 Å². The summed E-state index contributed by atoms with van der Waals surface area (Å²) in [6.07, 6.45) is 0.807. The number of benzene rings is 1. The minimum Gasteiger partial charge on any atom is -0.356 e. The maximum atomic E-state index is 11.1. The average molecular weight is 298 g/mol. The van der Waals surface area contributed by atoms with Crippen molar-refractivity contribution in [2.24, 2.45) is 5.14 Å². The summed E-state index contributed by atoms with van der Waals surface area (Å²) in [5, 5.41) is 8.92. The highest BCUT2D eigenvalue weighted by atomic mass is 32.2. The minimum atomic E-state index is -3.63. The molecule has 0 saturated carbocycles. The Morgan fingerprint density at radius 2 is 2.00 bits per heavy atom. The Bertz CT molecular complexity index is 650. The van der Waals surface area contributed by atoms with Crippen LogP contribution in [-0.4, -0.2) is 17.8 Å². The van der Waals surface area contributed by atoms with E-state index in [0.29, 0.717) is 6.54 Å². The highest BCUT2D eigenvalue weighted by Gasteiger charge is 2.07. The van der Waals surface area contributed by atoms with Crippen LogP contribution in [0.2, 0.25) is 0 Å². The Kier molecular flexibility index (Phi) is 4.13. The van der Waals surface area contributed by atoms with Crippen molar-refractivity contribution >= 4 is 26.7 Å². The van der Waals surface area contributed by atoms with Gasteiger partial charge in [-0.1, -0.05) is 19.1 Å². The molecule has 0 saturated heterocycles. The van der Waals surface area contributed by atoms with Crippen molar-refractivity contribution in [2.75, 3.05) is 5.32 Å². The molecule has 1 aromatic carbocycles. The molecule has 2 rings (SSSR count). The van der Waals surface area contributed by atoms with Crippen LogP contribution in [0, 0.1) is 0 Å². The maximum absolute atomic E-state index is 11.1. The van der Waals surface area contributed by atoms with Crippen molar-refractivity contribution < 1.29 is 8.42 Å². The van der Waals surface area contributed by atoms with Crippen molar-refractivity contribution in [3.63, 3.8) is 0 Å². The topological polar surface area (TPSA) is 98.0 Å². The highest BCUT2D eigenvalue weighted by molar-refractivity contribution is 7.89. The maximum Gasteiger partial charge on any atom is 0.238 e. The van der Waals surface area contributed by atoms with Crippen LogP contribution in [0.25, 0.3) is 0 Å². The van der Waals surface area contributed by atoms with Crippen molar-refractivity contribution in [2.45, 2.75) is 24.8 Å². The molecule has 102 valence electrons. The van der Waals surface area contributed by atoms with Gasteiger partial charge in [-0.05, 0) is 17.7 Å². The second-order valence-corrected chi connectivity index (χ2v) is 6.23. The molecule has 6 nitrogen and oxygen atoms in total. The van der Waals surface area contributed by atoms with Crippen molar-refractivity contribution in [3.8, 4) is 0 Å². The second-order valence-electron chi connectivity index (χ2n) is 3.91. The predicted octanol–water partition coefficient (Wildman–Crippen LogP) is 1.36. The number of sulfonamides is 1. The summed E-state index contributed by atoms with van der Waals surface area (Å²) in [7, 11) is -3.63. The van der Waals surface area contributed by atoms with Gasteiger partial charge in [-0.3, -0.25) is 0 Å². The lowest BCUT2D eigenvalue weighted by Gasteiger charge is -2.03. The van der Waals surface area contributed by atoms with Gasteiger partial charge < -0.3 is 5.32 Å². The lowest BCUT2D eigenvalue weighted by atomic mass is 10.2. The molecule has 1 heterocycles. The van der Waals surface area contributed by atoms with Gasteiger partial charge in [0.2, 0.25) is 15.2 Å². The van der Waals surface area contributed by atoms with E-state index in [-0.39, 0.29) is 4.90 Å². The predicted molar refractivity (Wildman–Crippen MR) is 74.4 cm³/mol. The van der Waals surface area contributed by atoms with Crippen LogP contribution in [0.4, 0.5) is 5.13 Å². The molecule has 0 radical (unpaired) electrons. The average Bonchev–Trinajstić information content (AvgIpc) is 2.84. The number of nitrogens with two attached hydrogens (primary N) is 1. The minimum absolute atomic E-state index is 0.112. The summed E-state index contributed by atoms with van der Waals surface area (Å²) in [6.45, 7) is 2.56. The first-order valence-corrected chi connectivity index (χ1v) is 7.99. The Balaban J connectivity index is 2.00. The third-order valence-electron chi connectivity index (χ3n) is 2.48. The van der Waals surface area contributed by atoms with E-state index in [1.54, 1.807) is 12.1 Å². The van der Waals surface area contributed by atoms with Crippen LogP contribution < -0.4 is 10.5 Å². The van der Waals surface area contributed by atoms with Gasteiger partial charge in [-0.2, -0.15) is 4.37 Å². The third-order valence-corrected chi connectivity index (χ3v) is 4.12. The molecule has 0 bridgehead atoms. The summed E-state index contributed by atoms with van der Waals surface area (Å²) in [5.41, 5.74) is 0.945. The SMILES string of the molecule is CCc1nsc(NCc2ccc(S(N)(=O)=O)cc2)n1. The molecule has 0 amide bonds. The Morgan fingerprint density at radius 1 is 1.32 bits per heavy atom. The van der Waals surface area contributed by atoms with Crippen LogP contribution in [0.1, 0.15) is 18.3 Å². The zero-order chi connectivity index (χ0) is 13.9. The highest BCUT2D eigenvalue weighted by Crippen LogP contribution is 2.14. The van der Waals surface area contributed by atoms with E-state index in [4.69, 9.17) is 5.14 Å². The Morgan fingerprint density at radius 3 is 2.53 bits per heavy atom. The van der Waals surface area contributed by atoms with Gasteiger partial charge in [-0.25, -0.2) is 18.5 Å². The molecule has 0 aliphatic carbocycles. The number of hydrogen-bond donors (Lipinski definition) is 2. The lowest BCUT2D eigenvalue weighted by molar-refractivity contribution is 0.598. The first kappa shape index (κ1) is 13.9. The van der Waals surface area contributed by atoms with Crippen LogP contribution in [0.3, 0.4) is 0 Å². The number of aryl methyl sites for hydroxylation is 1. The van der Waals surface area contributed by atoms with Crippen LogP contribution in [0.15, 0.2) is 29.2 Å². The number of nitrogens with zero attached hydrogens (tertiary/aromatic N) is 2. The summed E-state index contributed by atoms with van der Waals surface area (Å²) in [4.78, 5) is 4.39. The van der Waals surface area contributed by atoms with E-state index >= 15 is 0 Å². The fraction of sp³-hybridized carbons (Fsp3) is 0.273. The van der Waals surface area contributed by atoms with Gasteiger partial charge in [0.05, 0.1) is 4.90 Å². The van der Waals surface area contributed by atoms with Crippen molar-refractivity contribution in [1.82, 2.24) is 9.36 Å². The molecule has 2 aromatic rings. The smallest absolute Gasteiger partial charge is 0.238 e. The third kappa shape index (κ3) is 3.72. The molecule has 19 heavy (non-hydrogen) atoms. The van der Waals surface area contributed by atoms with E-state index in [0.717, 1.165) is 22.9 Å². The Hall–Kier alpha value is -1.51. The second kappa shape index (κ2) is 5.64. The van der Waals surface area contributed by atoms with E-state index in [2.05, 4.69) is 14.7 Å². The summed E-state index contributed by atoms with van der Waals surface area (Å²) in [5.74, 6) is 0.817. The molecule has 0 aliphatic heterocycles. The lowest BCUT2D eigenvalue weighted by Crippen LogP contribution is -2.12. The number of aromatic nitrogens is 2. The number of primary sulfonamides is 1. The molecule has 0 unspecified atom stereocenters. The molecule has 3 N–H and O–H groups in total. The van der Waals surface area contributed by atoms with Crippen molar-refractivity contribution in [1.29, 1.82) is 0 Å². The molecule has 0 fully saturated rings. The van der Waals surface area contributed by atoms with Crippen LogP contribution in [0.5, 0.6) is 0 Å². The molecular weight excluding hydrogens is 284 g/mol. The monoisotopic (exact) mass is 298 g/mol. The van der Waals surface area contributed by atoms with Gasteiger partial charge in [-0.15, -0.1) is 0 Å². The summed E-state index contributed by atoms with van der Waals surface area (Å²) < 4.78 is 26.4. The zero-order valence-electron chi connectivity index (χ0n) is 10.3. The number of nitrogens with one attached hydrogen (secondary N) is 1. The fourth-order valence-electron chi connectivity index (χ4n) is 1.44. The van der Waals surface area contributed by atoms with Gasteiger partial charge >= 0.3 is 0 Å². The summed E-state index contributed by atoms with van der Waals surface area (Å²) >= 11 is 1.31. The van der Waals surface area contributed by atoms with Gasteiger partial charge in [0.15, 0.2) is 0 Å². The normalized spacial score (nSPS) is 11.5. The first-order chi connectivity index (χ1) is 8.99. The van der Waals surface area contributed by atoms with E-state index in [1.165, 1.54) is 23.7 Å². The fourth-order valence-corrected chi connectivity index (χ4v) is 2.60. The molecule has 0 spiro atoms. The number of anilines is 1. The number of hydrogen-bond acceptors (Lipinski definition) is 6. The molecule has 1 aromatic heterocycles. The Labute approximate surface area is 115 Å². The molecule has 0 aliphatic rings. The first-order valence-electron chi connectivity index (χ1n) is 5.67. The molecule has 8 heteroatoms. The molecule has 0 atom stereocenters. The van der Waals surface area contributed by atoms with Gasteiger partial charge in [0.25, 0.3) is 0 Å². The van der Waals surface area contributed by atoms with Crippen LogP contribution >= 0.6 is 11.5 Å². The van der Waals surface area contributed by atoms with Gasteiger partial charge in [0.1, 0.15) is 5.82 Å².